The fourth-order valence-electron chi connectivity index (χ4n) is 2.23. The van der Waals surface area contributed by atoms with E-state index in [0.717, 1.165) is 16.5 Å². The first-order valence-electron chi connectivity index (χ1n) is 6.29. The number of hydrogen-bond donors (Lipinski definition) is 0. The largest absolute Gasteiger partial charge is 0.469 e. The Hall–Kier alpha value is -2.46. The van der Waals surface area contributed by atoms with Gasteiger partial charge in [0.15, 0.2) is 0 Å². The van der Waals surface area contributed by atoms with Gasteiger partial charge in [0.1, 0.15) is 0 Å². The van der Waals surface area contributed by atoms with E-state index in [1.807, 2.05) is 42.1 Å². The highest BCUT2D eigenvalue weighted by Crippen LogP contribution is 2.19. The van der Waals surface area contributed by atoms with Crippen molar-refractivity contribution in [3.8, 4) is 0 Å². The summed E-state index contributed by atoms with van der Waals surface area (Å²) >= 11 is 0. The number of benzene rings is 1. The summed E-state index contributed by atoms with van der Waals surface area (Å²) < 4.78 is 6.65. The van der Waals surface area contributed by atoms with Gasteiger partial charge in [-0.25, -0.2) is 0 Å². The molecule has 0 N–H and O–H groups in total. The zero-order valence-electron chi connectivity index (χ0n) is 11.5. The van der Waals surface area contributed by atoms with Crippen LogP contribution in [0, 0.1) is 0 Å². The van der Waals surface area contributed by atoms with Crippen LogP contribution in [0.5, 0.6) is 0 Å². The number of carbonyl (C=O) groups excluding carboxylic acids is 1. The first kappa shape index (κ1) is 14.0. The maximum absolute atomic E-state index is 11.3. The molecule has 1 atom stereocenters. The Morgan fingerprint density at radius 3 is 3.00 bits per heavy atom. The number of aromatic nitrogens is 1. The number of ether oxygens (including phenoxy) is 1. The van der Waals surface area contributed by atoms with Crippen LogP contribution in [0.25, 0.3) is 21.3 Å². The minimum atomic E-state index is -0.423. The third-order valence-corrected chi connectivity index (χ3v) is 3.27. The zero-order chi connectivity index (χ0) is 14.5. The Labute approximate surface area is 116 Å². The second-order valence-electron chi connectivity index (χ2n) is 4.66. The van der Waals surface area contributed by atoms with E-state index in [2.05, 4.69) is 14.8 Å². The van der Waals surface area contributed by atoms with Crippen LogP contribution in [0.15, 0.2) is 35.6 Å². The highest BCUT2D eigenvalue weighted by atomic mass is 16.5. The van der Waals surface area contributed by atoms with E-state index >= 15 is 0 Å². The standard InChI is InChI=1S/C14H16N4O2/c1-18-6-5-11-7-10(3-4-13(11)18)8-12(16-17-15)9-14(19)20-2/h3-7,12H,8-9H2,1-2H3/t12-/m1/s1. The maximum atomic E-state index is 11.3. The lowest BCUT2D eigenvalue weighted by Gasteiger charge is -2.10. The fourth-order valence-corrected chi connectivity index (χ4v) is 2.23. The van der Waals surface area contributed by atoms with Gasteiger partial charge in [-0.3, -0.25) is 4.79 Å². The second-order valence-corrected chi connectivity index (χ2v) is 4.66. The van der Waals surface area contributed by atoms with E-state index in [4.69, 9.17) is 5.53 Å². The van der Waals surface area contributed by atoms with Gasteiger partial charge in [-0.2, -0.15) is 0 Å². The maximum Gasteiger partial charge on any atom is 0.305 e. The van der Waals surface area contributed by atoms with Gasteiger partial charge in [0.05, 0.1) is 19.6 Å². The van der Waals surface area contributed by atoms with E-state index < -0.39 is 6.04 Å². The number of rotatable bonds is 5. The quantitative estimate of drug-likeness (QED) is 0.363. The molecule has 0 saturated heterocycles. The van der Waals surface area contributed by atoms with Crippen molar-refractivity contribution in [1.29, 1.82) is 0 Å². The molecule has 0 aliphatic rings. The Balaban J connectivity index is 2.19. The van der Waals surface area contributed by atoms with Crippen molar-refractivity contribution in [2.75, 3.05) is 7.11 Å². The minimum Gasteiger partial charge on any atom is -0.469 e. The van der Waals surface area contributed by atoms with Crippen LogP contribution in [0.4, 0.5) is 0 Å². The molecule has 2 aromatic rings. The van der Waals surface area contributed by atoms with Crippen molar-refractivity contribution < 1.29 is 9.53 Å². The number of fused-ring (bicyclic) bond motifs is 1. The molecule has 20 heavy (non-hydrogen) atoms. The van der Waals surface area contributed by atoms with Gasteiger partial charge in [-0.15, -0.1) is 0 Å². The molecule has 0 amide bonds. The minimum absolute atomic E-state index is 0.0907. The summed E-state index contributed by atoms with van der Waals surface area (Å²) in [6.45, 7) is 0. The molecular weight excluding hydrogens is 256 g/mol. The third kappa shape index (κ3) is 3.10. The van der Waals surface area contributed by atoms with Gasteiger partial charge in [-0.1, -0.05) is 11.2 Å². The molecular formula is C14H16N4O2. The van der Waals surface area contributed by atoms with Crippen LogP contribution >= 0.6 is 0 Å². The highest BCUT2D eigenvalue weighted by molar-refractivity contribution is 5.80. The molecule has 0 unspecified atom stereocenters. The van der Waals surface area contributed by atoms with E-state index in [1.54, 1.807) is 0 Å². The van der Waals surface area contributed by atoms with Crippen LogP contribution in [0.1, 0.15) is 12.0 Å². The molecule has 0 aliphatic heterocycles. The predicted octanol–water partition coefficient (Wildman–Crippen LogP) is 2.96. The smallest absolute Gasteiger partial charge is 0.305 e. The SMILES string of the molecule is COC(=O)C[C@@H](Cc1ccc2c(ccn2C)c1)N=[N+]=[N-]. The van der Waals surface area contributed by atoms with Crippen molar-refractivity contribution in [1.82, 2.24) is 4.57 Å². The lowest BCUT2D eigenvalue weighted by Crippen LogP contribution is -2.15. The second kappa shape index (κ2) is 6.12. The van der Waals surface area contributed by atoms with Crippen LogP contribution in [-0.2, 0) is 23.0 Å². The summed E-state index contributed by atoms with van der Waals surface area (Å²) in [6.07, 6.45) is 2.60. The normalized spacial score (nSPS) is 11.9. The lowest BCUT2D eigenvalue weighted by molar-refractivity contribution is -0.140. The molecule has 6 heteroatoms. The van der Waals surface area contributed by atoms with Crippen LogP contribution in [0.3, 0.4) is 0 Å². The van der Waals surface area contributed by atoms with Crippen molar-refractivity contribution >= 4 is 16.9 Å². The predicted molar refractivity (Wildman–Crippen MR) is 76.2 cm³/mol. The number of esters is 1. The molecule has 0 bridgehead atoms. The van der Waals surface area contributed by atoms with Crippen molar-refractivity contribution in [2.45, 2.75) is 18.9 Å². The van der Waals surface area contributed by atoms with E-state index in [-0.39, 0.29) is 12.4 Å². The molecule has 104 valence electrons. The first-order chi connectivity index (χ1) is 9.63. The Morgan fingerprint density at radius 1 is 1.50 bits per heavy atom. The van der Waals surface area contributed by atoms with Gasteiger partial charge in [0.2, 0.25) is 0 Å². The number of azide groups is 1. The van der Waals surface area contributed by atoms with Crippen LogP contribution < -0.4 is 0 Å². The summed E-state index contributed by atoms with van der Waals surface area (Å²) in [4.78, 5) is 14.1. The molecule has 0 fully saturated rings. The van der Waals surface area contributed by atoms with Gasteiger partial charge < -0.3 is 9.30 Å². The molecule has 1 aromatic heterocycles. The van der Waals surface area contributed by atoms with Crippen molar-refractivity contribution in [3.05, 3.63) is 46.5 Å². The van der Waals surface area contributed by atoms with Crippen molar-refractivity contribution in [3.63, 3.8) is 0 Å². The van der Waals surface area contributed by atoms with Gasteiger partial charge in [-0.05, 0) is 41.1 Å². The molecule has 0 aliphatic carbocycles. The number of aryl methyl sites for hydroxylation is 1. The van der Waals surface area contributed by atoms with Gasteiger partial charge >= 0.3 is 5.97 Å². The number of nitrogens with zero attached hydrogens (tertiary/aromatic N) is 4. The van der Waals surface area contributed by atoms with E-state index in [0.29, 0.717) is 6.42 Å². The summed E-state index contributed by atoms with van der Waals surface area (Å²) in [6, 6.07) is 7.66. The monoisotopic (exact) mass is 272 g/mol. The first-order valence-corrected chi connectivity index (χ1v) is 6.29. The Bertz CT molecular complexity index is 671. The lowest BCUT2D eigenvalue weighted by atomic mass is 10.0. The molecule has 1 aromatic carbocycles. The molecule has 1 heterocycles. The van der Waals surface area contributed by atoms with E-state index in [1.165, 1.54) is 7.11 Å². The fraction of sp³-hybridized carbons (Fsp3) is 0.357. The average molecular weight is 272 g/mol. The topological polar surface area (TPSA) is 80.0 Å². The van der Waals surface area contributed by atoms with E-state index in [9.17, 15) is 4.79 Å². The number of methoxy groups -OCH3 is 1. The summed E-state index contributed by atoms with van der Waals surface area (Å²) in [7, 11) is 3.31. The molecule has 6 nitrogen and oxygen atoms in total. The molecule has 0 spiro atoms. The number of carbonyl (C=O) groups is 1. The third-order valence-electron chi connectivity index (χ3n) is 3.27. The average Bonchev–Trinajstić information content (AvgIpc) is 2.80. The Morgan fingerprint density at radius 2 is 2.30 bits per heavy atom. The molecule has 0 radical (unpaired) electrons. The van der Waals surface area contributed by atoms with Crippen molar-refractivity contribution in [2.24, 2.45) is 12.2 Å². The highest BCUT2D eigenvalue weighted by Gasteiger charge is 2.14. The van der Waals surface area contributed by atoms with Gasteiger partial charge in [0, 0.05) is 23.7 Å². The molecule has 0 saturated carbocycles. The summed E-state index contributed by atoms with van der Waals surface area (Å²) in [5, 5.41) is 4.79. The summed E-state index contributed by atoms with van der Waals surface area (Å²) in [5.74, 6) is -0.372. The van der Waals surface area contributed by atoms with Gasteiger partial charge in [0.25, 0.3) is 0 Å². The zero-order valence-corrected chi connectivity index (χ0v) is 11.5. The van der Waals surface area contributed by atoms with Crippen LogP contribution in [-0.4, -0.2) is 23.7 Å². The van der Waals surface area contributed by atoms with Crippen LogP contribution in [0.2, 0.25) is 0 Å². The number of hydrogen-bond acceptors (Lipinski definition) is 3. The summed E-state index contributed by atoms with van der Waals surface area (Å²) in [5.41, 5.74) is 10.8. The molecule has 2 rings (SSSR count). The Kier molecular flexibility index (Phi) is 4.27.